The van der Waals surface area contributed by atoms with Gasteiger partial charge in [-0.1, -0.05) is 17.7 Å². The van der Waals surface area contributed by atoms with Gasteiger partial charge in [0.25, 0.3) is 0 Å². The number of hydrogen-bond acceptors (Lipinski definition) is 4. The molecule has 0 radical (unpaired) electrons. The number of hydrogen-bond donors (Lipinski definition) is 3. The number of nitrogens with one attached hydrogen (secondary N) is 1. The van der Waals surface area contributed by atoms with E-state index in [1.54, 1.807) is 0 Å². The molecule has 0 aliphatic heterocycles. The van der Waals surface area contributed by atoms with E-state index in [1.807, 2.05) is 0 Å². The van der Waals surface area contributed by atoms with Crippen molar-refractivity contribution in [2.45, 2.75) is 24.3 Å². The molecule has 5 N–H and O–H groups in total. The fraction of sp³-hybridized carbons (Fsp3) is 0.300. The maximum absolute atomic E-state index is 12.1. The Morgan fingerprint density at radius 2 is 1.94 bits per heavy atom. The predicted molar refractivity (Wildman–Crippen MR) is 69.5 cm³/mol. The molecule has 0 spiro atoms. The first-order chi connectivity index (χ1) is 8.08. The third-order valence-corrected chi connectivity index (χ3v) is 4.47. The van der Waals surface area contributed by atoms with Crippen LogP contribution in [0.4, 0.5) is 5.69 Å². The van der Waals surface area contributed by atoms with Gasteiger partial charge in [0.15, 0.2) is 0 Å². The zero-order valence-corrected chi connectivity index (χ0v) is 11.5. The molecule has 0 heterocycles. The smallest absolute Gasteiger partial charge is 0.245 e. The number of carbonyl (C=O) groups is 1. The number of rotatable bonds is 4. The van der Waals surface area contributed by atoms with E-state index in [2.05, 4.69) is 4.72 Å². The number of amides is 1. The fourth-order valence-corrected chi connectivity index (χ4v) is 3.31. The van der Waals surface area contributed by atoms with Crippen molar-refractivity contribution < 1.29 is 13.2 Å². The lowest BCUT2D eigenvalue weighted by molar-refractivity contribution is -0.122. The summed E-state index contributed by atoms with van der Waals surface area (Å²) in [6.07, 6.45) is 0. The Hall–Kier alpha value is -1.31. The van der Waals surface area contributed by atoms with E-state index < -0.39 is 21.5 Å². The standard InChI is InChI=1S/C10H14ClN3O3S/c1-10(2,9(13)15)14-18(16,17)8-6(11)4-3-5-7(8)12/h3-5,14H,12H2,1-2H3,(H2,13,15). The van der Waals surface area contributed by atoms with Crippen LogP contribution >= 0.6 is 11.6 Å². The Morgan fingerprint density at radius 3 is 2.39 bits per heavy atom. The molecule has 0 aromatic heterocycles. The molecule has 1 aromatic rings. The van der Waals surface area contributed by atoms with Crippen molar-refractivity contribution in [2.24, 2.45) is 5.73 Å². The minimum Gasteiger partial charge on any atom is -0.398 e. The molecule has 0 aliphatic carbocycles. The minimum absolute atomic E-state index is 0.00438. The summed E-state index contributed by atoms with van der Waals surface area (Å²) in [4.78, 5) is 10.9. The van der Waals surface area contributed by atoms with Gasteiger partial charge in [-0.05, 0) is 26.0 Å². The summed E-state index contributed by atoms with van der Waals surface area (Å²) in [5.41, 5.74) is 9.24. The van der Waals surface area contributed by atoms with Gasteiger partial charge < -0.3 is 11.5 Å². The average molecular weight is 292 g/mol. The number of benzene rings is 1. The molecule has 1 rings (SSSR count). The van der Waals surface area contributed by atoms with Crippen LogP contribution < -0.4 is 16.2 Å². The number of anilines is 1. The zero-order chi connectivity index (χ0) is 14.1. The monoisotopic (exact) mass is 291 g/mol. The number of sulfonamides is 1. The van der Waals surface area contributed by atoms with E-state index in [0.29, 0.717) is 0 Å². The highest BCUT2D eigenvalue weighted by atomic mass is 35.5. The minimum atomic E-state index is -4.03. The highest BCUT2D eigenvalue weighted by Gasteiger charge is 2.33. The van der Waals surface area contributed by atoms with E-state index in [-0.39, 0.29) is 15.6 Å². The quantitative estimate of drug-likeness (QED) is 0.699. The van der Waals surface area contributed by atoms with Crippen molar-refractivity contribution in [3.63, 3.8) is 0 Å². The largest absolute Gasteiger partial charge is 0.398 e. The first-order valence-electron chi connectivity index (χ1n) is 4.96. The highest BCUT2D eigenvalue weighted by Crippen LogP contribution is 2.27. The van der Waals surface area contributed by atoms with Crippen molar-refractivity contribution in [1.82, 2.24) is 4.72 Å². The second kappa shape index (κ2) is 4.75. The van der Waals surface area contributed by atoms with Crippen LogP contribution in [0.1, 0.15) is 13.8 Å². The van der Waals surface area contributed by atoms with Crippen LogP contribution in [0, 0.1) is 0 Å². The van der Waals surface area contributed by atoms with Crippen LogP contribution in [0.5, 0.6) is 0 Å². The maximum Gasteiger partial charge on any atom is 0.245 e. The van der Waals surface area contributed by atoms with Crippen molar-refractivity contribution >= 4 is 33.2 Å². The Labute approximate surface area is 110 Å². The molecule has 0 atom stereocenters. The van der Waals surface area contributed by atoms with E-state index >= 15 is 0 Å². The second-order valence-electron chi connectivity index (χ2n) is 4.25. The maximum atomic E-state index is 12.1. The molecule has 0 aliphatic rings. The third kappa shape index (κ3) is 2.92. The normalized spacial score (nSPS) is 12.4. The van der Waals surface area contributed by atoms with Crippen molar-refractivity contribution in [1.29, 1.82) is 0 Å². The van der Waals surface area contributed by atoms with Crippen LogP contribution in [-0.2, 0) is 14.8 Å². The van der Waals surface area contributed by atoms with Crippen molar-refractivity contribution in [2.75, 3.05) is 5.73 Å². The van der Waals surface area contributed by atoms with Gasteiger partial charge in [-0.3, -0.25) is 4.79 Å². The number of nitrogen functional groups attached to an aromatic ring is 1. The van der Waals surface area contributed by atoms with Gasteiger partial charge in [-0.2, -0.15) is 4.72 Å². The van der Waals surface area contributed by atoms with Gasteiger partial charge in [0.1, 0.15) is 10.4 Å². The lowest BCUT2D eigenvalue weighted by Crippen LogP contribution is -2.52. The van der Waals surface area contributed by atoms with Crippen LogP contribution in [0.3, 0.4) is 0 Å². The number of nitrogens with two attached hydrogens (primary N) is 2. The van der Waals surface area contributed by atoms with Crippen molar-refractivity contribution in [3.05, 3.63) is 23.2 Å². The van der Waals surface area contributed by atoms with Gasteiger partial charge in [-0.25, -0.2) is 8.42 Å². The summed E-state index contributed by atoms with van der Waals surface area (Å²) in [5.74, 6) is -0.809. The van der Waals surface area contributed by atoms with Gasteiger partial charge in [0, 0.05) is 0 Å². The fourth-order valence-electron chi connectivity index (χ4n) is 1.25. The molecule has 100 valence electrons. The molecule has 0 saturated carbocycles. The first kappa shape index (κ1) is 14.7. The molecular weight excluding hydrogens is 278 g/mol. The molecule has 18 heavy (non-hydrogen) atoms. The molecule has 6 nitrogen and oxygen atoms in total. The van der Waals surface area contributed by atoms with Crippen LogP contribution in [-0.4, -0.2) is 19.9 Å². The SMILES string of the molecule is CC(C)(NS(=O)(=O)c1c(N)cccc1Cl)C(N)=O. The summed E-state index contributed by atoms with van der Waals surface area (Å²) in [6, 6.07) is 4.32. The molecule has 1 aromatic carbocycles. The molecule has 0 bridgehead atoms. The summed E-state index contributed by atoms with van der Waals surface area (Å²) < 4.78 is 26.4. The second-order valence-corrected chi connectivity index (χ2v) is 6.28. The Morgan fingerprint density at radius 1 is 1.39 bits per heavy atom. The van der Waals surface area contributed by atoms with Crippen LogP contribution in [0.15, 0.2) is 23.1 Å². The van der Waals surface area contributed by atoms with Gasteiger partial charge in [0.2, 0.25) is 15.9 Å². The molecule has 8 heteroatoms. The third-order valence-electron chi connectivity index (χ3n) is 2.27. The van der Waals surface area contributed by atoms with Gasteiger partial charge in [0.05, 0.1) is 10.7 Å². The Balaban J connectivity index is 3.28. The van der Waals surface area contributed by atoms with E-state index in [0.717, 1.165) is 0 Å². The van der Waals surface area contributed by atoms with Gasteiger partial charge in [-0.15, -0.1) is 0 Å². The molecule has 0 fully saturated rings. The summed E-state index contributed by atoms with van der Waals surface area (Å²) in [6.45, 7) is 2.69. The summed E-state index contributed by atoms with van der Waals surface area (Å²) in [5, 5.41) is -0.0252. The lowest BCUT2D eigenvalue weighted by atomic mass is 10.1. The summed E-state index contributed by atoms with van der Waals surface area (Å²) in [7, 11) is -4.03. The molecule has 0 saturated heterocycles. The molecule has 0 unspecified atom stereocenters. The average Bonchev–Trinajstić information content (AvgIpc) is 2.14. The topological polar surface area (TPSA) is 115 Å². The number of primary amides is 1. The number of halogens is 1. The summed E-state index contributed by atoms with van der Waals surface area (Å²) >= 11 is 5.81. The highest BCUT2D eigenvalue weighted by molar-refractivity contribution is 7.89. The lowest BCUT2D eigenvalue weighted by Gasteiger charge is -2.22. The zero-order valence-electron chi connectivity index (χ0n) is 9.90. The Bertz CT molecular complexity index is 564. The predicted octanol–water partition coefficient (Wildman–Crippen LogP) is 0.464. The first-order valence-corrected chi connectivity index (χ1v) is 6.82. The van der Waals surface area contributed by atoms with E-state index in [1.165, 1.54) is 32.0 Å². The molecular formula is C10H14ClN3O3S. The van der Waals surface area contributed by atoms with Crippen LogP contribution in [0.25, 0.3) is 0 Å². The Kier molecular flexibility index (Phi) is 3.89. The van der Waals surface area contributed by atoms with E-state index in [4.69, 9.17) is 23.1 Å². The number of carbonyl (C=O) groups excluding carboxylic acids is 1. The van der Waals surface area contributed by atoms with Gasteiger partial charge >= 0.3 is 0 Å². The van der Waals surface area contributed by atoms with Crippen molar-refractivity contribution in [3.8, 4) is 0 Å². The van der Waals surface area contributed by atoms with E-state index in [9.17, 15) is 13.2 Å². The van der Waals surface area contributed by atoms with Crippen LogP contribution in [0.2, 0.25) is 5.02 Å². The molecule has 1 amide bonds.